The maximum Gasteiger partial charge on any atom is 0.145 e. The van der Waals surface area contributed by atoms with Gasteiger partial charge < -0.3 is 18.2 Å². The fourth-order valence-corrected chi connectivity index (χ4v) is 9.66. The van der Waals surface area contributed by atoms with Crippen LogP contribution in [0.5, 0.6) is 0 Å². The molecule has 0 fully saturated rings. The molecule has 0 saturated carbocycles. The van der Waals surface area contributed by atoms with E-state index in [9.17, 15) is 0 Å². The predicted molar refractivity (Wildman–Crippen MR) is 265 cm³/mol. The van der Waals surface area contributed by atoms with Crippen LogP contribution >= 0.6 is 0 Å². The normalized spacial score (nSPS) is 11.8. The Hall–Kier alpha value is -8.60. The van der Waals surface area contributed by atoms with Crippen molar-refractivity contribution in [1.29, 1.82) is 0 Å². The minimum atomic E-state index is 0.819. The fraction of sp³-hybridized carbons (Fsp3) is 0. The number of hydrogen-bond acceptors (Lipinski definition) is 4. The Bertz CT molecular complexity index is 3880. The molecule has 4 nitrogen and oxygen atoms in total. The monoisotopic (exact) mass is 819 g/mol. The second kappa shape index (κ2) is 14.5. The molecule has 4 heteroatoms. The highest BCUT2D eigenvalue weighted by atomic mass is 16.3. The first kappa shape index (κ1) is 36.1. The second-order valence-corrected chi connectivity index (χ2v) is 16.4. The summed E-state index contributed by atoms with van der Waals surface area (Å²) in [6.07, 6.45) is 0. The van der Waals surface area contributed by atoms with Crippen LogP contribution in [0.3, 0.4) is 0 Å². The molecular formula is C60H37NO3. The average Bonchev–Trinajstić information content (AvgIpc) is 4.06. The standard InChI is InChI=1S/C60H37NO3/c1-5-15-38(16-6-1)42-25-28-49-55(34-42)64-60-46(40-19-9-3-10-20-40)30-31-52(59(49)60)61(45-26-29-48-47-23-13-14-24-53(47)62-56(48)37-45)44-27-32-54-51(36-44)58-50(41-21-11-4-12-22-41)33-43(35-57(58)63-54)39-17-7-2-8-18-39/h1-37H. The first-order valence-electron chi connectivity index (χ1n) is 21.6. The quantitative estimate of drug-likeness (QED) is 0.161. The zero-order valence-electron chi connectivity index (χ0n) is 34.5. The number of benzene rings is 10. The van der Waals surface area contributed by atoms with Gasteiger partial charge >= 0.3 is 0 Å². The molecule has 0 saturated heterocycles. The highest BCUT2D eigenvalue weighted by molar-refractivity contribution is 6.19. The van der Waals surface area contributed by atoms with Gasteiger partial charge in [0.05, 0.1) is 11.1 Å². The fourth-order valence-electron chi connectivity index (χ4n) is 9.66. The lowest BCUT2D eigenvalue weighted by molar-refractivity contribution is 0.668. The van der Waals surface area contributed by atoms with Crippen molar-refractivity contribution in [3.05, 3.63) is 224 Å². The third-order valence-corrected chi connectivity index (χ3v) is 12.7. The van der Waals surface area contributed by atoms with Crippen molar-refractivity contribution in [3.63, 3.8) is 0 Å². The van der Waals surface area contributed by atoms with Gasteiger partial charge in [-0.2, -0.15) is 0 Å². The second-order valence-electron chi connectivity index (χ2n) is 16.4. The molecule has 0 aliphatic heterocycles. The van der Waals surface area contributed by atoms with Crippen LogP contribution in [-0.2, 0) is 0 Å². The number of furan rings is 3. The van der Waals surface area contributed by atoms with Gasteiger partial charge in [0, 0.05) is 49.9 Å². The minimum absolute atomic E-state index is 0.819. The minimum Gasteiger partial charge on any atom is -0.456 e. The molecule has 0 bridgehead atoms. The molecule has 300 valence electrons. The van der Waals surface area contributed by atoms with Crippen molar-refractivity contribution in [3.8, 4) is 44.5 Å². The molecule has 0 aliphatic carbocycles. The molecule has 0 radical (unpaired) electrons. The summed E-state index contributed by atoms with van der Waals surface area (Å²) in [5.74, 6) is 0. The van der Waals surface area contributed by atoms with Crippen molar-refractivity contribution >= 4 is 82.9 Å². The number of nitrogens with zero attached hydrogens (tertiary/aromatic N) is 1. The summed E-state index contributed by atoms with van der Waals surface area (Å²) >= 11 is 0. The van der Waals surface area contributed by atoms with E-state index in [1.807, 2.05) is 18.2 Å². The predicted octanol–water partition coefficient (Wildman–Crippen LogP) is 17.5. The van der Waals surface area contributed by atoms with E-state index < -0.39 is 0 Å². The molecule has 13 aromatic rings. The maximum absolute atomic E-state index is 7.04. The topological polar surface area (TPSA) is 42.7 Å². The van der Waals surface area contributed by atoms with Crippen LogP contribution in [-0.4, -0.2) is 0 Å². The molecule has 64 heavy (non-hydrogen) atoms. The van der Waals surface area contributed by atoms with Crippen LogP contribution in [0.25, 0.3) is 110 Å². The van der Waals surface area contributed by atoms with E-state index in [4.69, 9.17) is 13.3 Å². The van der Waals surface area contributed by atoms with E-state index in [0.717, 1.165) is 127 Å². The summed E-state index contributed by atoms with van der Waals surface area (Å²) in [7, 11) is 0. The largest absolute Gasteiger partial charge is 0.456 e. The van der Waals surface area contributed by atoms with E-state index in [0.29, 0.717) is 0 Å². The Morgan fingerprint density at radius 3 is 1.56 bits per heavy atom. The van der Waals surface area contributed by atoms with Gasteiger partial charge in [0.15, 0.2) is 0 Å². The molecule has 0 atom stereocenters. The molecule has 3 heterocycles. The number of rotatable bonds is 7. The summed E-state index contributed by atoms with van der Waals surface area (Å²) in [6.45, 7) is 0. The number of fused-ring (bicyclic) bond motifs is 9. The third kappa shape index (κ3) is 5.84. The van der Waals surface area contributed by atoms with Crippen molar-refractivity contribution in [2.45, 2.75) is 0 Å². The van der Waals surface area contributed by atoms with Gasteiger partial charge in [-0.1, -0.05) is 146 Å². The lowest BCUT2D eigenvalue weighted by Gasteiger charge is -2.27. The van der Waals surface area contributed by atoms with Gasteiger partial charge in [0.1, 0.15) is 33.5 Å². The average molecular weight is 820 g/mol. The van der Waals surface area contributed by atoms with Crippen LogP contribution in [0.15, 0.2) is 238 Å². The summed E-state index contributed by atoms with van der Waals surface area (Å²) in [6, 6.07) is 79.0. The Morgan fingerprint density at radius 1 is 0.266 bits per heavy atom. The number of anilines is 3. The first-order chi connectivity index (χ1) is 31.7. The van der Waals surface area contributed by atoms with Gasteiger partial charge in [0.25, 0.3) is 0 Å². The molecule has 0 aliphatic rings. The summed E-state index contributed by atoms with van der Waals surface area (Å²) < 4.78 is 20.4. The molecule has 0 amide bonds. The van der Waals surface area contributed by atoms with E-state index in [1.165, 1.54) is 0 Å². The zero-order valence-corrected chi connectivity index (χ0v) is 34.5. The number of para-hydroxylation sites is 1. The van der Waals surface area contributed by atoms with Crippen LogP contribution in [0.4, 0.5) is 17.1 Å². The van der Waals surface area contributed by atoms with E-state index in [2.05, 4.69) is 211 Å². The molecule has 0 spiro atoms. The van der Waals surface area contributed by atoms with Crippen LogP contribution in [0.2, 0.25) is 0 Å². The van der Waals surface area contributed by atoms with Crippen LogP contribution < -0.4 is 4.90 Å². The molecule has 10 aromatic carbocycles. The highest BCUT2D eigenvalue weighted by Crippen LogP contribution is 2.49. The summed E-state index contributed by atoms with van der Waals surface area (Å²) in [5, 5.41) is 6.32. The Kier molecular flexibility index (Phi) is 8.18. The van der Waals surface area contributed by atoms with Crippen molar-refractivity contribution < 1.29 is 13.3 Å². The lowest BCUT2D eigenvalue weighted by atomic mass is 9.94. The van der Waals surface area contributed by atoms with Crippen LogP contribution in [0, 0.1) is 0 Å². The van der Waals surface area contributed by atoms with Gasteiger partial charge in [0.2, 0.25) is 0 Å². The lowest BCUT2D eigenvalue weighted by Crippen LogP contribution is -2.10. The van der Waals surface area contributed by atoms with Gasteiger partial charge in [-0.3, -0.25) is 0 Å². The van der Waals surface area contributed by atoms with Gasteiger partial charge in [-0.05, 0) is 112 Å². The van der Waals surface area contributed by atoms with Crippen LogP contribution in [0.1, 0.15) is 0 Å². The van der Waals surface area contributed by atoms with Crippen molar-refractivity contribution in [1.82, 2.24) is 0 Å². The van der Waals surface area contributed by atoms with Gasteiger partial charge in [-0.25, -0.2) is 0 Å². The van der Waals surface area contributed by atoms with E-state index >= 15 is 0 Å². The third-order valence-electron chi connectivity index (χ3n) is 12.7. The van der Waals surface area contributed by atoms with E-state index in [-0.39, 0.29) is 0 Å². The highest BCUT2D eigenvalue weighted by Gasteiger charge is 2.25. The molecule has 0 N–H and O–H groups in total. The summed E-state index contributed by atoms with van der Waals surface area (Å²) in [5.41, 5.74) is 16.8. The van der Waals surface area contributed by atoms with Crippen molar-refractivity contribution in [2.75, 3.05) is 4.90 Å². The Labute approximate surface area is 368 Å². The smallest absolute Gasteiger partial charge is 0.145 e. The molecule has 3 aromatic heterocycles. The number of hydrogen-bond donors (Lipinski definition) is 0. The van der Waals surface area contributed by atoms with Crippen molar-refractivity contribution in [2.24, 2.45) is 0 Å². The van der Waals surface area contributed by atoms with Gasteiger partial charge in [-0.15, -0.1) is 0 Å². The summed E-state index contributed by atoms with van der Waals surface area (Å²) in [4.78, 5) is 2.35. The molecular weight excluding hydrogens is 783 g/mol. The zero-order chi connectivity index (χ0) is 42.1. The SMILES string of the molecule is c1ccc(-c2ccc3c(c2)oc2c(-c4ccccc4)ccc(N(c4ccc5c(c4)oc4ccccc45)c4ccc5oc6cc(-c7ccccc7)cc(-c7ccccc7)c6c5c4)c23)cc1. The van der Waals surface area contributed by atoms with E-state index in [1.54, 1.807) is 0 Å². The Morgan fingerprint density at radius 2 is 0.812 bits per heavy atom. The molecule has 0 unspecified atom stereocenters. The first-order valence-corrected chi connectivity index (χ1v) is 21.6. The molecule has 13 rings (SSSR count). The maximum atomic E-state index is 7.04. The Balaban J connectivity index is 1.09.